The first-order chi connectivity index (χ1) is 14.1. The number of amides is 1. The van der Waals surface area contributed by atoms with Gasteiger partial charge in [-0.3, -0.25) is 4.90 Å². The van der Waals surface area contributed by atoms with Gasteiger partial charge in [0.15, 0.2) is 0 Å². The molecule has 4 nitrogen and oxygen atoms in total. The maximum absolute atomic E-state index is 12.9. The van der Waals surface area contributed by atoms with Crippen LogP contribution in [0, 0.1) is 0 Å². The second-order valence-electron chi connectivity index (χ2n) is 7.46. The molecule has 3 aromatic carbocycles. The molecular weight excluding hydrogens is 386 g/mol. The van der Waals surface area contributed by atoms with Gasteiger partial charge in [0.25, 0.3) is 0 Å². The number of aliphatic hydroxyl groups excluding tert-OH is 1. The third kappa shape index (κ3) is 3.09. The minimum Gasteiger partial charge on any atom is -0.448 e. The van der Waals surface area contributed by atoms with Gasteiger partial charge in [-0.05, 0) is 46.9 Å². The molecule has 1 heterocycles. The topological polar surface area (TPSA) is 49.8 Å². The van der Waals surface area contributed by atoms with Gasteiger partial charge in [0.2, 0.25) is 0 Å². The molecule has 1 aliphatic heterocycles. The van der Waals surface area contributed by atoms with Gasteiger partial charge in [-0.15, -0.1) is 0 Å². The van der Waals surface area contributed by atoms with Crippen molar-refractivity contribution < 1.29 is 14.6 Å². The summed E-state index contributed by atoms with van der Waals surface area (Å²) < 4.78 is 5.77. The van der Waals surface area contributed by atoms with Crippen LogP contribution in [-0.2, 0) is 4.74 Å². The van der Waals surface area contributed by atoms with Crippen LogP contribution in [0.3, 0.4) is 0 Å². The Morgan fingerprint density at radius 1 is 1.00 bits per heavy atom. The fraction of sp³-hybridized carbons (Fsp3) is 0.208. The zero-order valence-electron chi connectivity index (χ0n) is 15.7. The van der Waals surface area contributed by atoms with E-state index >= 15 is 0 Å². The molecular formula is C24H20ClNO3. The van der Waals surface area contributed by atoms with Crippen molar-refractivity contribution in [1.82, 2.24) is 0 Å². The zero-order valence-corrected chi connectivity index (χ0v) is 16.5. The summed E-state index contributed by atoms with van der Waals surface area (Å²) in [5.74, 6) is 0.0198. The molecule has 5 rings (SSSR count). The molecule has 0 saturated heterocycles. The number of hydrogen-bond acceptors (Lipinski definition) is 3. The first-order valence-electron chi connectivity index (χ1n) is 9.73. The highest BCUT2D eigenvalue weighted by Gasteiger charge is 2.32. The summed E-state index contributed by atoms with van der Waals surface area (Å²) in [6.45, 7) is 0.682. The molecule has 1 unspecified atom stereocenters. The van der Waals surface area contributed by atoms with Crippen LogP contribution in [-0.4, -0.2) is 24.4 Å². The Labute approximate surface area is 174 Å². The number of aliphatic hydroxyl groups is 1. The van der Waals surface area contributed by atoms with Gasteiger partial charge in [-0.2, -0.15) is 0 Å². The molecule has 146 valence electrons. The lowest BCUT2D eigenvalue weighted by Crippen LogP contribution is -2.37. The number of nitrogens with zero attached hydrogens (tertiary/aromatic N) is 1. The highest BCUT2D eigenvalue weighted by atomic mass is 35.5. The maximum Gasteiger partial charge on any atom is 0.414 e. The molecule has 5 heteroatoms. The van der Waals surface area contributed by atoms with Crippen LogP contribution in [0.25, 0.3) is 11.1 Å². The van der Waals surface area contributed by atoms with Crippen LogP contribution in [0.4, 0.5) is 10.5 Å². The average molecular weight is 406 g/mol. The molecule has 3 aromatic rings. The van der Waals surface area contributed by atoms with Crippen molar-refractivity contribution in [3.05, 3.63) is 88.4 Å². The molecule has 0 spiro atoms. The van der Waals surface area contributed by atoms with Crippen molar-refractivity contribution in [2.45, 2.75) is 18.4 Å². The van der Waals surface area contributed by atoms with Crippen LogP contribution in [0.2, 0.25) is 5.02 Å². The van der Waals surface area contributed by atoms with Crippen molar-refractivity contribution in [2.75, 3.05) is 18.1 Å². The number of anilines is 1. The quantitative estimate of drug-likeness (QED) is 0.609. The smallest absolute Gasteiger partial charge is 0.414 e. The number of benzene rings is 3. The first-order valence-corrected chi connectivity index (χ1v) is 10.1. The second-order valence-corrected chi connectivity index (χ2v) is 7.90. The Hall–Kier alpha value is -2.82. The van der Waals surface area contributed by atoms with E-state index in [9.17, 15) is 9.90 Å². The molecule has 29 heavy (non-hydrogen) atoms. The Morgan fingerprint density at radius 3 is 2.34 bits per heavy atom. The lowest BCUT2D eigenvalue weighted by Gasteiger charge is -2.32. The number of hydrogen-bond donors (Lipinski definition) is 1. The summed E-state index contributed by atoms with van der Waals surface area (Å²) in [5.41, 5.74) is 6.09. The van der Waals surface area contributed by atoms with Crippen molar-refractivity contribution in [1.29, 1.82) is 0 Å². The molecule has 0 radical (unpaired) electrons. The lowest BCUT2D eigenvalue weighted by atomic mass is 9.98. The van der Waals surface area contributed by atoms with E-state index in [-0.39, 0.29) is 12.5 Å². The molecule has 0 aromatic heterocycles. The summed E-state index contributed by atoms with van der Waals surface area (Å²) in [7, 11) is 0. The monoisotopic (exact) mass is 405 g/mol. The molecule has 0 fully saturated rings. The molecule has 1 atom stereocenters. The fourth-order valence-corrected chi connectivity index (χ4v) is 4.61. The molecule has 0 bridgehead atoms. The summed E-state index contributed by atoms with van der Waals surface area (Å²) in [6, 6.07) is 21.7. The summed E-state index contributed by atoms with van der Waals surface area (Å²) in [5, 5.41) is 10.8. The van der Waals surface area contributed by atoms with Crippen LogP contribution in [0.15, 0.2) is 66.7 Å². The first kappa shape index (κ1) is 18.2. The molecule has 1 N–H and O–H groups in total. The number of rotatable bonds is 2. The molecule has 1 aliphatic carbocycles. The van der Waals surface area contributed by atoms with E-state index < -0.39 is 12.2 Å². The minimum absolute atomic E-state index is 0.0198. The third-order valence-electron chi connectivity index (χ3n) is 5.82. The van der Waals surface area contributed by atoms with E-state index in [1.807, 2.05) is 24.3 Å². The molecule has 2 aliphatic rings. The zero-order chi connectivity index (χ0) is 20.0. The Morgan fingerprint density at radius 2 is 1.66 bits per heavy atom. The highest BCUT2D eigenvalue weighted by Crippen LogP contribution is 2.44. The predicted molar refractivity (Wildman–Crippen MR) is 113 cm³/mol. The standard InChI is InChI=1S/C24H20ClNO3/c25-15-9-10-22-20(13-15)23(27)11-12-26(22)24(28)29-14-21-18-7-3-1-5-16(18)17-6-2-4-8-19(17)21/h1-10,13,21,23,27H,11-12,14H2. The Balaban J connectivity index is 1.39. The van der Waals surface area contributed by atoms with Crippen molar-refractivity contribution in [3.63, 3.8) is 0 Å². The van der Waals surface area contributed by atoms with Crippen molar-refractivity contribution >= 4 is 23.4 Å². The largest absolute Gasteiger partial charge is 0.448 e. The highest BCUT2D eigenvalue weighted by molar-refractivity contribution is 6.30. The lowest BCUT2D eigenvalue weighted by molar-refractivity contribution is 0.140. The average Bonchev–Trinajstić information content (AvgIpc) is 3.06. The van der Waals surface area contributed by atoms with Crippen LogP contribution in [0.1, 0.15) is 35.1 Å². The van der Waals surface area contributed by atoms with Crippen molar-refractivity contribution in [3.8, 4) is 11.1 Å². The number of ether oxygens (including phenoxy) is 1. The van der Waals surface area contributed by atoms with E-state index in [4.69, 9.17) is 16.3 Å². The van der Waals surface area contributed by atoms with Crippen LogP contribution in [0.5, 0.6) is 0 Å². The van der Waals surface area contributed by atoms with Crippen molar-refractivity contribution in [2.24, 2.45) is 0 Å². The molecule has 1 amide bonds. The fourth-order valence-electron chi connectivity index (χ4n) is 4.43. The summed E-state index contributed by atoms with van der Waals surface area (Å²) in [4.78, 5) is 14.5. The Kier molecular flexibility index (Phi) is 4.53. The SMILES string of the molecule is O=C(OCC1c2ccccc2-c2ccccc21)N1CCC(O)c2cc(Cl)ccc21. The maximum atomic E-state index is 12.9. The van der Waals surface area contributed by atoms with Gasteiger partial charge in [0, 0.05) is 23.0 Å². The van der Waals surface area contributed by atoms with Gasteiger partial charge in [0.1, 0.15) is 6.61 Å². The van der Waals surface area contributed by atoms with E-state index in [1.54, 1.807) is 23.1 Å². The van der Waals surface area contributed by atoms with Crippen LogP contribution < -0.4 is 4.90 Å². The number of halogens is 1. The second kappa shape index (κ2) is 7.21. The van der Waals surface area contributed by atoms with E-state index in [2.05, 4.69) is 24.3 Å². The minimum atomic E-state index is -0.624. The third-order valence-corrected chi connectivity index (χ3v) is 6.06. The normalized spacial score (nSPS) is 17.4. The van der Waals surface area contributed by atoms with E-state index in [0.717, 1.165) is 0 Å². The predicted octanol–water partition coefficient (Wildman–Crippen LogP) is 5.53. The van der Waals surface area contributed by atoms with Gasteiger partial charge in [-0.25, -0.2) is 4.79 Å². The summed E-state index contributed by atoms with van der Waals surface area (Å²) in [6.07, 6.45) is -0.568. The summed E-state index contributed by atoms with van der Waals surface area (Å²) >= 11 is 6.07. The molecule has 0 saturated carbocycles. The van der Waals surface area contributed by atoms with E-state index in [1.165, 1.54) is 22.3 Å². The number of carbonyl (C=O) groups is 1. The van der Waals surface area contributed by atoms with Gasteiger partial charge >= 0.3 is 6.09 Å². The van der Waals surface area contributed by atoms with Gasteiger partial charge in [0.05, 0.1) is 11.8 Å². The van der Waals surface area contributed by atoms with Crippen LogP contribution >= 0.6 is 11.6 Å². The van der Waals surface area contributed by atoms with Gasteiger partial charge < -0.3 is 9.84 Å². The Bertz CT molecular complexity index is 1050. The number of fused-ring (bicyclic) bond motifs is 4. The van der Waals surface area contributed by atoms with E-state index in [0.29, 0.717) is 29.2 Å². The van der Waals surface area contributed by atoms with Gasteiger partial charge in [-0.1, -0.05) is 60.1 Å². The number of carbonyl (C=O) groups excluding carboxylic acids is 1.